The van der Waals surface area contributed by atoms with Crippen molar-refractivity contribution < 1.29 is 4.74 Å². The van der Waals surface area contributed by atoms with Crippen molar-refractivity contribution in [1.82, 2.24) is 0 Å². The predicted octanol–water partition coefficient (Wildman–Crippen LogP) is 4.90. The number of halogens is 2. The van der Waals surface area contributed by atoms with Crippen molar-refractivity contribution in [2.75, 3.05) is 18.5 Å². The van der Waals surface area contributed by atoms with Crippen LogP contribution in [0, 0.1) is 6.92 Å². The van der Waals surface area contributed by atoms with Gasteiger partial charge in [0, 0.05) is 17.3 Å². The minimum atomic E-state index is 0.591. The minimum Gasteiger partial charge on any atom is -0.491 e. The highest BCUT2D eigenvalue weighted by atomic mass is 79.9. The van der Waals surface area contributed by atoms with Crippen LogP contribution in [0.5, 0.6) is 5.75 Å². The van der Waals surface area contributed by atoms with E-state index in [0.29, 0.717) is 6.61 Å². The molecule has 0 heterocycles. The Morgan fingerprint density at radius 1 is 1.21 bits per heavy atom. The van der Waals surface area contributed by atoms with Crippen LogP contribution in [0.4, 0.5) is 5.69 Å². The summed E-state index contributed by atoms with van der Waals surface area (Å²) in [6.07, 6.45) is 0. The third kappa shape index (κ3) is 4.44. The van der Waals surface area contributed by atoms with Gasteiger partial charge in [0.25, 0.3) is 0 Å². The molecule has 1 N–H and O–H groups in total. The Hall–Kier alpha value is -1.19. The molecule has 0 atom stereocenters. The summed E-state index contributed by atoms with van der Waals surface area (Å²) in [5, 5.41) is 3.99. The maximum absolute atomic E-state index is 5.91. The van der Waals surface area contributed by atoms with Gasteiger partial charge in [-0.05, 0) is 58.7 Å². The lowest BCUT2D eigenvalue weighted by Crippen LogP contribution is -2.11. The second-order valence-electron chi connectivity index (χ2n) is 4.22. The fourth-order valence-electron chi connectivity index (χ4n) is 1.68. The largest absolute Gasteiger partial charge is 0.491 e. The van der Waals surface area contributed by atoms with Crippen LogP contribution < -0.4 is 10.1 Å². The fraction of sp³-hybridized carbons (Fsp3) is 0.200. The van der Waals surface area contributed by atoms with E-state index in [1.807, 2.05) is 42.5 Å². The Kier molecular flexibility index (Phi) is 5.11. The molecule has 0 saturated carbocycles. The molecule has 4 heteroatoms. The minimum absolute atomic E-state index is 0.591. The van der Waals surface area contributed by atoms with Gasteiger partial charge < -0.3 is 10.1 Å². The van der Waals surface area contributed by atoms with Crippen molar-refractivity contribution in [2.24, 2.45) is 0 Å². The lowest BCUT2D eigenvalue weighted by atomic mass is 10.2. The third-order valence-electron chi connectivity index (χ3n) is 2.60. The monoisotopic (exact) mass is 339 g/mol. The second kappa shape index (κ2) is 6.83. The van der Waals surface area contributed by atoms with E-state index in [4.69, 9.17) is 16.3 Å². The molecule has 0 amide bonds. The molecule has 19 heavy (non-hydrogen) atoms. The fourth-order valence-corrected chi connectivity index (χ4v) is 2.48. The first-order valence-corrected chi connectivity index (χ1v) is 7.20. The van der Waals surface area contributed by atoms with E-state index < -0.39 is 0 Å². The Labute approximate surface area is 126 Å². The van der Waals surface area contributed by atoms with Crippen LogP contribution in [-0.4, -0.2) is 13.2 Å². The van der Waals surface area contributed by atoms with E-state index in [0.717, 1.165) is 27.5 Å². The number of anilines is 1. The zero-order valence-electron chi connectivity index (χ0n) is 10.6. The van der Waals surface area contributed by atoms with Gasteiger partial charge in [-0.2, -0.15) is 0 Å². The number of benzene rings is 2. The van der Waals surface area contributed by atoms with E-state index in [1.165, 1.54) is 5.56 Å². The number of hydrogen-bond donors (Lipinski definition) is 1. The standard InChI is InChI=1S/C15H15BrClNO/c1-11-5-6-15(14(16)9-11)19-8-7-18-13-4-2-3-12(17)10-13/h2-6,9-10,18H,7-8H2,1H3. The molecule has 0 aliphatic rings. The van der Waals surface area contributed by atoms with Crippen LogP contribution in [0.2, 0.25) is 5.02 Å². The average molecular weight is 341 g/mol. The zero-order chi connectivity index (χ0) is 13.7. The van der Waals surface area contributed by atoms with E-state index in [-0.39, 0.29) is 0 Å². The van der Waals surface area contributed by atoms with Crippen LogP contribution in [0.1, 0.15) is 5.56 Å². The van der Waals surface area contributed by atoms with Crippen molar-refractivity contribution in [3.8, 4) is 5.75 Å². The SMILES string of the molecule is Cc1ccc(OCCNc2cccc(Cl)c2)c(Br)c1. The van der Waals surface area contributed by atoms with Gasteiger partial charge in [0.05, 0.1) is 4.47 Å². The number of hydrogen-bond acceptors (Lipinski definition) is 2. The topological polar surface area (TPSA) is 21.3 Å². The number of ether oxygens (including phenoxy) is 1. The number of rotatable bonds is 5. The Balaban J connectivity index is 1.81. The Morgan fingerprint density at radius 3 is 2.79 bits per heavy atom. The van der Waals surface area contributed by atoms with Gasteiger partial charge in [0.15, 0.2) is 0 Å². The first-order chi connectivity index (χ1) is 9.15. The molecule has 2 nitrogen and oxygen atoms in total. The molecule has 0 fully saturated rings. The molecule has 0 unspecified atom stereocenters. The van der Waals surface area contributed by atoms with Crippen LogP contribution in [0.15, 0.2) is 46.9 Å². The molecule has 0 spiro atoms. The normalized spacial score (nSPS) is 10.3. The quantitative estimate of drug-likeness (QED) is 0.782. The summed E-state index contributed by atoms with van der Waals surface area (Å²) in [6.45, 7) is 3.37. The number of aryl methyl sites for hydroxylation is 1. The molecular weight excluding hydrogens is 326 g/mol. The van der Waals surface area contributed by atoms with Crippen LogP contribution in [0.3, 0.4) is 0 Å². The summed E-state index contributed by atoms with van der Waals surface area (Å²) in [5.41, 5.74) is 2.20. The van der Waals surface area contributed by atoms with Crippen molar-refractivity contribution >= 4 is 33.2 Å². The van der Waals surface area contributed by atoms with E-state index in [2.05, 4.69) is 28.2 Å². The van der Waals surface area contributed by atoms with E-state index in [9.17, 15) is 0 Å². The summed E-state index contributed by atoms with van der Waals surface area (Å²) < 4.78 is 6.68. The molecule has 2 rings (SSSR count). The van der Waals surface area contributed by atoms with Gasteiger partial charge in [-0.1, -0.05) is 23.7 Å². The van der Waals surface area contributed by atoms with Gasteiger partial charge in [-0.25, -0.2) is 0 Å². The second-order valence-corrected chi connectivity index (χ2v) is 5.51. The highest BCUT2D eigenvalue weighted by Gasteiger charge is 2.00. The summed E-state index contributed by atoms with van der Waals surface area (Å²) >= 11 is 9.40. The predicted molar refractivity (Wildman–Crippen MR) is 84.3 cm³/mol. The highest BCUT2D eigenvalue weighted by molar-refractivity contribution is 9.10. The molecule has 0 aromatic heterocycles. The van der Waals surface area contributed by atoms with Gasteiger partial charge in [0.2, 0.25) is 0 Å². The molecule has 0 aliphatic carbocycles. The average Bonchev–Trinajstić information content (AvgIpc) is 2.37. The van der Waals surface area contributed by atoms with Crippen LogP contribution in [-0.2, 0) is 0 Å². The maximum Gasteiger partial charge on any atom is 0.133 e. The Bertz CT molecular complexity index is 560. The van der Waals surface area contributed by atoms with Crippen molar-refractivity contribution in [3.05, 3.63) is 57.5 Å². The molecule has 0 saturated heterocycles. The summed E-state index contributed by atoms with van der Waals surface area (Å²) in [7, 11) is 0. The summed E-state index contributed by atoms with van der Waals surface area (Å²) in [5.74, 6) is 0.860. The van der Waals surface area contributed by atoms with Crippen LogP contribution in [0.25, 0.3) is 0 Å². The van der Waals surface area contributed by atoms with Crippen LogP contribution >= 0.6 is 27.5 Å². The molecule has 2 aromatic rings. The molecule has 2 aromatic carbocycles. The molecular formula is C15H15BrClNO. The third-order valence-corrected chi connectivity index (χ3v) is 3.46. The van der Waals surface area contributed by atoms with Crippen molar-refractivity contribution in [1.29, 1.82) is 0 Å². The van der Waals surface area contributed by atoms with Gasteiger partial charge in [0.1, 0.15) is 12.4 Å². The van der Waals surface area contributed by atoms with Crippen molar-refractivity contribution in [2.45, 2.75) is 6.92 Å². The van der Waals surface area contributed by atoms with Gasteiger partial charge in [-0.15, -0.1) is 0 Å². The Morgan fingerprint density at radius 2 is 2.05 bits per heavy atom. The lowest BCUT2D eigenvalue weighted by molar-refractivity contribution is 0.331. The first kappa shape index (κ1) is 14.2. The number of nitrogens with one attached hydrogen (secondary N) is 1. The zero-order valence-corrected chi connectivity index (χ0v) is 13.0. The molecule has 0 radical (unpaired) electrons. The maximum atomic E-state index is 5.91. The van der Waals surface area contributed by atoms with Crippen molar-refractivity contribution in [3.63, 3.8) is 0 Å². The lowest BCUT2D eigenvalue weighted by Gasteiger charge is -2.10. The highest BCUT2D eigenvalue weighted by Crippen LogP contribution is 2.25. The summed E-state index contributed by atoms with van der Waals surface area (Å²) in [4.78, 5) is 0. The van der Waals surface area contributed by atoms with E-state index in [1.54, 1.807) is 0 Å². The van der Waals surface area contributed by atoms with Gasteiger partial charge in [-0.3, -0.25) is 0 Å². The smallest absolute Gasteiger partial charge is 0.133 e. The van der Waals surface area contributed by atoms with Gasteiger partial charge >= 0.3 is 0 Å². The van der Waals surface area contributed by atoms with E-state index >= 15 is 0 Å². The molecule has 100 valence electrons. The first-order valence-electron chi connectivity index (χ1n) is 6.03. The molecule has 0 bridgehead atoms. The summed E-state index contributed by atoms with van der Waals surface area (Å²) in [6, 6.07) is 13.7. The molecule has 0 aliphatic heterocycles.